The van der Waals surface area contributed by atoms with Gasteiger partial charge in [0.15, 0.2) is 9.84 Å². The quantitative estimate of drug-likeness (QED) is 0.631. The van der Waals surface area contributed by atoms with E-state index in [4.69, 9.17) is 4.74 Å². The van der Waals surface area contributed by atoms with Gasteiger partial charge in [0.1, 0.15) is 16.3 Å². The van der Waals surface area contributed by atoms with E-state index in [0.29, 0.717) is 11.3 Å². The Morgan fingerprint density at radius 3 is 2.33 bits per heavy atom. The van der Waals surface area contributed by atoms with E-state index in [1.54, 1.807) is 27.7 Å². The molecule has 0 aromatic carbocycles. The van der Waals surface area contributed by atoms with Crippen molar-refractivity contribution in [2.75, 3.05) is 6.61 Å². The van der Waals surface area contributed by atoms with Crippen LogP contribution in [0.1, 0.15) is 27.7 Å². The van der Waals surface area contributed by atoms with Crippen LogP contribution >= 0.6 is 0 Å². The molecule has 0 aliphatic carbocycles. The van der Waals surface area contributed by atoms with Crippen LogP contribution in [0.4, 0.5) is 8.78 Å². The first kappa shape index (κ1) is 19.2. The number of aromatic nitrogens is 3. The third kappa shape index (κ3) is 3.39. The SMILES string of the molecule is CCOc1cc2ncc(-c3cc(F)nc(F)c3)n2cc1S(=O)(=O)C(C)(C)C. The number of fused-ring (bicyclic) bond motifs is 1. The lowest BCUT2D eigenvalue weighted by molar-refractivity contribution is 0.330. The first-order chi connectivity index (χ1) is 12.5. The highest BCUT2D eigenvalue weighted by atomic mass is 32.2. The number of hydrogen-bond acceptors (Lipinski definition) is 5. The monoisotopic (exact) mass is 395 g/mol. The molecule has 9 heteroatoms. The lowest BCUT2D eigenvalue weighted by Crippen LogP contribution is -2.28. The summed E-state index contributed by atoms with van der Waals surface area (Å²) in [6.45, 7) is 6.79. The van der Waals surface area contributed by atoms with Crippen LogP contribution in [-0.2, 0) is 9.84 Å². The van der Waals surface area contributed by atoms with Gasteiger partial charge in [0.05, 0.1) is 23.2 Å². The van der Waals surface area contributed by atoms with Crippen LogP contribution in [0, 0.1) is 11.9 Å². The Balaban J connectivity index is 2.31. The fourth-order valence-corrected chi connectivity index (χ4v) is 3.90. The molecule has 3 aromatic heterocycles. The van der Waals surface area contributed by atoms with E-state index in [0.717, 1.165) is 12.1 Å². The molecule has 144 valence electrons. The van der Waals surface area contributed by atoms with Crippen LogP contribution in [-0.4, -0.2) is 34.1 Å². The first-order valence-corrected chi connectivity index (χ1v) is 9.75. The Labute approximate surface area is 155 Å². The smallest absolute Gasteiger partial charge is 0.216 e. The molecule has 3 heterocycles. The average Bonchev–Trinajstić information content (AvgIpc) is 2.95. The van der Waals surface area contributed by atoms with E-state index in [1.165, 1.54) is 22.9 Å². The summed E-state index contributed by atoms with van der Waals surface area (Å²) < 4.78 is 59.0. The maximum absolute atomic E-state index is 13.5. The van der Waals surface area contributed by atoms with Gasteiger partial charge in [0.25, 0.3) is 0 Å². The molecule has 0 aliphatic rings. The molecule has 0 amide bonds. The van der Waals surface area contributed by atoms with Crippen LogP contribution in [0.2, 0.25) is 0 Å². The number of sulfone groups is 1. The Hall–Kier alpha value is -2.55. The van der Waals surface area contributed by atoms with Gasteiger partial charge in [-0.2, -0.15) is 13.8 Å². The van der Waals surface area contributed by atoms with Crippen molar-refractivity contribution in [2.24, 2.45) is 0 Å². The topological polar surface area (TPSA) is 73.6 Å². The summed E-state index contributed by atoms with van der Waals surface area (Å²) in [6, 6.07) is 3.61. The van der Waals surface area contributed by atoms with Crippen molar-refractivity contribution in [1.82, 2.24) is 14.4 Å². The van der Waals surface area contributed by atoms with Gasteiger partial charge in [-0.25, -0.2) is 13.4 Å². The summed E-state index contributed by atoms with van der Waals surface area (Å²) in [5, 5.41) is 0. The molecule has 0 aliphatic heterocycles. The molecular weight excluding hydrogens is 376 g/mol. The van der Waals surface area contributed by atoms with E-state index < -0.39 is 26.5 Å². The van der Waals surface area contributed by atoms with Gasteiger partial charge < -0.3 is 4.74 Å². The number of pyridine rings is 2. The van der Waals surface area contributed by atoms with Crippen LogP contribution < -0.4 is 4.74 Å². The van der Waals surface area contributed by atoms with Gasteiger partial charge in [0, 0.05) is 30.0 Å². The summed E-state index contributed by atoms with van der Waals surface area (Å²) in [5.74, 6) is -1.77. The van der Waals surface area contributed by atoms with Crippen LogP contribution in [0.5, 0.6) is 5.75 Å². The number of halogens is 2. The summed E-state index contributed by atoms with van der Waals surface area (Å²) in [4.78, 5) is 7.26. The lowest BCUT2D eigenvalue weighted by atomic mass is 10.2. The second-order valence-electron chi connectivity index (χ2n) is 6.92. The predicted molar refractivity (Wildman–Crippen MR) is 96.4 cm³/mol. The molecule has 6 nitrogen and oxygen atoms in total. The second-order valence-corrected chi connectivity index (χ2v) is 9.60. The van der Waals surface area contributed by atoms with Crippen LogP contribution in [0.25, 0.3) is 16.9 Å². The van der Waals surface area contributed by atoms with Crippen molar-refractivity contribution < 1.29 is 21.9 Å². The fourth-order valence-electron chi connectivity index (χ4n) is 2.61. The van der Waals surface area contributed by atoms with Crippen molar-refractivity contribution >= 4 is 15.5 Å². The molecule has 0 bridgehead atoms. The van der Waals surface area contributed by atoms with E-state index in [1.807, 2.05) is 0 Å². The highest BCUT2D eigenvalue weighted by Crippen LogP contribution is 2.34. The highest BCUT2D eigenvalue weighted by Gasteiger charge is 2.34. The van der Waals surface area contributed by atoms with Crippen molar-refractivity contribution in [3.8, 4) is 17.0 Å². The summed E-state index contributed by atoms with van der Waals surface area (Å²) in [6.07, 6.45) is 2.78. The van der Waals surface area contributed by atoms with E-state index in [-0.39, 0.29) is 22.8 Å². The Bertz CT molecular complexity index is 1100. The maximum atomic E-state index is 13.5. The van der Waals surface area contributed by atoms with E-state index in [9.17, 15) is 17.2 Å². The maximum Gasteiger partial charge on any atom is 0.216 e. The zero-order chi connectivity index (χ0) is 20.0. The van der Waals surface area contributed by atoms with Gasteiger partial charge in [-0.05, 0) is 27.7 Å². The summed E-state index contributed by atoms with van der Waals surface area (Å²) in [7, 11) is -3.75. The summed E-state index contributed by atoms with van der Waals surface area (Å²) in [5.41, 5.74) is 0.910. The zero-order valence-corrected chi connectivity index (χ0v) is 16.1. The average molecular weight is 395 g/mol. The molecule has 0 radical (unpaired) electrons. The minimum absolute atomic E-state index is 0.0152. The minimum atomic E-state index is -3.75. The van der Waals surface area contributed by atoms with Crippen LogP contribution in [0.15, 0.2) is 35.5 Å². The number of nitrogens with zero attached hydrogens (tertiary/aromatic N) is 3. The van der Waals surface area contributed by atoms with Gasteiger partial charge in [-0.1, -0.05) is 0 Å². The lowest BCUT2D eigenvalue weighted by Gasteiger charge is -2.21. The Kier molecular flexibility index (Phi) is 4.67. The number of rotatable bonds is 4. The fraction of sp³-hybridized carbons (Fsp3) is 0.333. The zero-order valence-electron chi connectivity index (χ0n) is 15.3. The molecule has 27 heavy (non-hydrogen) atoms. The molecular formula is C18H19F2N3O3S. The standard InChI is InChI=1S/C18H19F2N3O3S/c1-5-26-13-8-17-21-9-12(11-6-15(19)22-16(20)7-11)23(17)10-14(13)27(24,25)18(2,3)4/h6-10H,5H2,1-4H3. The molecule has 0 saturated heterocycles. The Morgan fingerprint density at radius 2 is 1.78 bits per heavy atom. The third-order valence-electron chi connectivity index (χ3n) is 4.03. The first-order valence-electron chi connectivity index (χ1n) is 8.26. The normalized spacial score (nSPS) is 12.5. The van der Waals surface area contributed by atoms with Crippen molar-refractivity contribution in [3.63, 3.8) is 0 Å². The molecule has 0 unspecified atom stereocenters. The molecule has 0 fully saturated rings. The van der Waals surface area contributed by atoms with Crippen molar-refractivity contribution in [3.05, 3.63) is 42.5 Å². The van der Waals surface area contributed by atoms with E-state index in [2.05, 4.69) is 9.97 Å². The van der Waals surface area contributed by atoms with Gasteiger partial charge in [-0.3, -0.25) is 4.40 Å². The van der Waals surface area contributed by atoms with Gasteiger partial charge in [0.2, 0.25) is 11.9 Å². The third-order valence-corrected chi connectivity index (χ3v) is 6.53. The minimum Gasteiger partial charge on any atom is -0.492 e. The molecule has 3 rings (SSSR count). The Morgan fingerprint density at radius 1 is 1.15 bits per heavy atom. The van der Waals surface area contributed by atoms with Crippen molar-refractivity contribution in [2.45, 2.75) is 37.3 Å². The largest absolute Gasteiger partial charge is 0.492 e. The highest BCUT2D eigenvalue weighted by molar-refractivity contribution is 7.92. The number of hydrogen-bond donors (Lipinski definition) is 0. The van der Waals surface area contributed by atoms with Gasteiger partial charge >= 0.3 is 0 Å². The number of ether oxygens (including phenoxy) is 1. The van der Waals surface area contributed by atoms with Crippen molar-refractivity contribution in [1.29, 1.82) is 0 Å². The predicted octanol–water partition coefficient (Wildman–Crippen LogP) is 3.65. The molecule has 0 atom stereocenters. The molecule has 3 aromatic rings. The van der Waals surface area contributed by atoms with Crippen LogP contribution in [0.3, 0.4) is 0 Å². The summed E-state index contributed by atoms with van der Waals surface area (Å²) >= 11 is 0. The van der Waals surface area contributed by atoms with Gasteiger partial charge in [-0.15, -0.1) is 0 Å². The number of imidazole rings is 1. The molecule has 0 spiro atoms. The second kappa shape index (κ2) is 6.56. The molecule has 0 N–H and O–H groups in total. The molecule has 0 saturated carbocycles. The van der Waals surface area contributed by atoms with E-state index >= 15 is 0 Å².